The number of carbonyl (C=O) groups excluding carboxylic acids is 2. The van der Waals surface area contributed by atoms with Crippen molar-refractivity contribution >= 4 is 29.4 Å². The van der Waals surface area contributed by atoms with E-state index in [1.165, 1.54) is 18.2 Å². The standard InChI is InChI=1S/C27H29ClN4O3/c1-18-6-3-4-7-19(18)11-14-23-22(26(34)29-17-25(33)35-2)16-30-27(31-23)32-15-5-8-24(32)20-9-12-21(28)13-10-20/h3-4,6-7,9-10,12-13,16,24H,5,8,11,14-15,17H2,1-2H3,(H,29,34)/t24-/m1/s1. The van der Waals surface area contributed by atoms with Gasteiger partial charge >= 0.3 is 5.97 Å². The SMILES string of the molecule is COC(=O)CNC(=O)c1cnc(N2CCC[C@@H]2c2ccc(Cl)cc2)nc1CCc1ccccc1C. The zero-order valence-electron chi connectivity index (χ0n) is 20.0. The lowest BCUT2D eigenvalue weighted by molar-refractivity contribution is -0.139. The van der Waals surface area contributed by atoms with E-state index < -0.39 is 11.9 Å². The van der Waals surface area contributed by atoms with Gasteiger partial charge in [-0.2, -0.15) is 0 Å². The van der Waals surface area contributed by atoms with Crippen molar-refractivity contribution in [2.75, 3.05) is 25.1 Å². The fourth-order valence-corrected chi connectivity index (χ4v) is 4.55. The van der Waals surface area contributed by atoms with E-state index in [1.807, 2.05) is 36.4 Å². The molecular formula is C27H29ClN4O3. The number of carbonyl (C=O) groups is 2. The Labute approximate surface area is 210 Å². The summed E-state index contributed by atoms with van der Waals surface area (Å²) in [5.41, 5.74) is 4.59. The Balaban J connectivity index is 1.62. The molecule has 2 heterocycles. The summed E-state index contributed by atoms with van der Waals surface area (Å²) in [6.07, 6.45) is 4.89. The molecule has 0 bridgehead atoms. The molecule has 1 saturated heterocycles. The Bertz CT molecular complexity index is 1200. The summed E-state index contributed by atoms with van der Waals surface area (Å²) in [6, 6.07) is 16.2. The van der Waals surface area contributed by atoms with Crippen molar-refractivity contribution in [2.24, 2.45) is 0 Å². The second-order valence-corrected chi connectivity index (χ2v) is 9.06. The lowest BCUT2D eigenvalue weighted by atomic mass is 10.0. The normalized spacial score (nSPS) is 15.2. The summed E-state index contributed by atoms with van der Waals surface area (Å²) < 4.78 is 4.63. The van der Waals surface area contributed by atoms with Gasteiger partial charge in [-0.1, -0.05) is 48.0 Å². The summed E-state index contributed by atoms with van der Waals surface area (Å²) in [5, 5.41) is 3.31. The van der Waals surface area contributed by atoms with E-state index in [-0.39, 0.29) is 12.6 Å². The van der Waals surface area contributed by atoms with Gasteiger partial charge in [0.15, 0.2) is 0 Å². The maximum atomic E-state index is 12.9. The van der Waals surface area contributed by atoms with Crippen LogP contribution in [0.4, 0.5) is 5.95 Å². The second kappa shape index (κ2) is 11.3. The minimum Gasteiger partial charge on any atom is -0.468 e. The molecule has 0 radical (unpaired) electrons. The Morgan fingerprint density at radius 2 is 1.91 bits per heavy atom. The highest BCUT2D eigenvalue weighted by Crippen LogP contribution is 2.35. The lowest BCUT2D eigenvalue weighted by Gasteiger charge is -2.26. The maximum Gasteiger partial charge on any atom is 0.325 e. The van der Waals surface area contributed by atoms with Crippen molar-refractivity contribution in [1.29, 1.82) is 0 Å². The zero-order valence-corrected chi connectivity index (χ0v) is 20.7. The van der Waals surface area contributed by atoms with E-state index in [1.54, 1.807) is 6.20 Å². The lowest BCUT2D eigenvalue weighted by Crippen LogP contribution is -2.32. The molecule has 1 atom stereocenters. The van der Waals surface area contributed by atoms with Crippen LogP contribution in [0.15, 0.2) is 54.7 Å². The molecule has 8 heteroatoms. The van der Waals surface area contributed by atoms with Crippen LogP contribution in [0, 0.1) is 6.92 Å². The first-order chi connectivity index (χ1) is 17.0. The number of hydrogen-bond donors (Lipinski definition) is 1. The van der Waals surface area contributed by atoms with Crippen LogP contribution in [0.25, 0.3) is 0 Å². The predicted molar refractivity (Wildman–Crippen MR) is 136 cm³/mol. The van der Waals surface area contributed by atoms with E-state index in [0.29, 0.717) is 28.6 Å². The van der Waals surface area contributed by atoms with Crippen LogP contribution in [-0.4, -0.2) is 42.0 Å². The number of amides is 1. The molecule has 2 aromatic carbocycles. The first-order valence-electron chi connectivity index (χ1n) is 11.7. The molecule has 35 heavy (non-hydrogen) atoms. The molecule has 1 N–H and O–H groups in total. The summed E-state index contributed by atoms with van der Waals surface area (Å²) in [5.74, 6) is -0.301. The molecule has 1 aliphatic heterocycles. The molecule has 3 aromatic rings. The highest BCUT2D eigenvalue weighted by molar-refractivity contribution is 6.30. The van der Waals surface area contributed by atoms with Crippen LogP contribution in [0.3, 0.4) is 0 Å². The number of hydrogen-bond acceptors (Lipinski definition) is 6. The minimum atomic E-state index is -0.514. The van der Waals surface area contributed by atoms with Gasteiger partial charge in [-0.3, -0.25) is 9.59 Å². The molecule has 4 rings (SSSR count). The van der Waals surface area contributed by atoms with Gasteiger partial charge in [-0.25, -0.2) is 9.97 Å². The largest absolute Gasteiger partial charge is 0.468 e. The van der Waals surface area contributed by atoms with Gasteiger partial charge in [0.1, 0.15) is 6.54 Å². The van der Waals surface area contributed by atoms with Crippen molar-refractivity contribution in [1.82, 2.24) is 15.3 Å². The molecule has 0 saturated carbocycles. The van der Waals surface area contributed by atoms with E-state index in [9.17, 15) is 9.59 Å². The van der Waals surface area contributed by atoms with Crippen molar-refractivity contribution in [3.05, 3.63) is 87.7 Å². The van der Waals surface area contributed by atoms with E-state index in [0.717, 1.165) is 31.4 Å². The van der Waals surface area contributed by atoms with E-state index in [2.05, 4.69) is 39.0 Å². The summed E-state index contributed by atoms with van der Waals surface area (Å²) >= 11 is 6.09. The molecule has 1 aromatic heterocycles. The second-order valence-electron chi connectivity index (χ2n) is 8.62. The van der Waals surface area contributed by atoms with Crippen molar-refractivity contribution < 1.29 is 14.3 Å². The molecule has 1 aliphatic rings. The van der Waals surface area contributed by atoms with Crippen molar-refractivity contribution in [3.8, 4) is 0 Å². The molecule has 1 amide bonds. The van der Waals surface area contributed by atoms with E-state index >= 15 is 0 Å². The van der Waals surface area contributed by atoms with Crippen LogP contribution >= 0.6 is 11.6 Å². The number of benzene rings is 2. The average Bonchev–Trinajstić information content (AvgIpc) is 3.37. The van der Waals surface area contributed by atoms with Gasteiger partial charge in [0.2, 0.25) is 5.95 Å². The number of methoxy groups -OCH3 is 1. The predicted octanol–water partition coefficient (Wildman–Crippen LogP) is 4.47. The van der Waals surface area contributed by atoms with E-state index in [4.69, 9.17) is 16.6 Å². The number of aryl methyl sites for hydroxylation is 3. The third-order valence-electron chi connectivity index (χ3n) is 6.38. The number of halogens is 1. The third-order valence-corrected chi connectivity index (χ3v) is 6.63. The van der Waals surface area contributed by atoms with Gasteiger partial charge in [-0.05, 0) is 61.4 Å². The van der Waals surface area contributed by atoms with Gasteiger partial charge < -0.3 is 15.0 Å². The molecule has 1 fully saturated rings. The molecule has 0 aliphatic carbocycles. The Kier molecular flexibility index (Phi) is 7.98. The number of rotatable bonds is 8. The quantitative estimate of drug-likeness (QED) is 0.467. The highest BCUT2D eigenvalue weighted by Gasteiger charge is 2.29. The molecule has 0 unspecified atom stereocenters. The Morgan fingerprint density at radius 3 is 2.66 bits per heavy atom. The molecule has 7 nitrogen and oxygen atoms in total. The molecule has 0 spiro atoms. The maximum absolute atomic E-state index is 12.9. The van der Waals surface area contributed by atoms with Gasteiger partial charge in [0.05, 0.1) is 24.4 Å². The number of esters is 1. The number of ether oxygens (including phenoxy) is 1. The van der Waals surface area contributed by atoms with Gasteiger partial charge in [0.25, 0.3) is 5.91 Å². The Morgan fingerprint density at radius 1 is 1.14 bits per heavy atom. The topological polar surface area (TPSA) is 84.4 Å². The smallest absolute Gasteiger partial charge is 0.325 e. The average molecular weight is 493 g/mol. The molecule has 182 valence electrons. The van der Waals surface area contributed by atoms with Crippen LogP contribution in [0.2, 0.25) is 5.02 Å². The Hall–Kier alpha value is -3.45. The third kappa shape index (κ3) is 5.98. The summed E-state index contributed by atoms with van der Waals surface area (Å²) in [6.45, 7) is 2.70. The number of aromatic nitrogens is 2. The van der Waals surface area contributed by atoms with Crippen LogP contribution in [0.1, 0.15) is 51.6 Å². The number of anilines is 1. The fourth-order valence-electron chi connectivity index (χ4n) is 4.43. The van der Waals surface area contributed by atoms with Crippen LogP contribution in [0.5, 0.6) is 0 Å². The highest BCUT2D eigenvalue weighted by atomic mass is 35.5. The van der Waals surface area contributed by atoms with Crippen LogP contribution in [-0.2, 0) is 22.4 Å². The monoisotopic (exact) mass is 492 g/mol. The zero-order chi connectivity index (χ0) is 24.8. The summed E-state index contributed by atoms with van der Waals surface area (Å²) in [4.78, 5) is 36.0. The van der Waals surface area contributed by atoms with Gasteiger partial charge in [0, 0.05) is 17.8 Å². The first-order valence-corrected chi connectivity index (χ1v) is 12.1. The van der Waals surface area contributed by atoms with Crippen molar-refractivity contribution in [2.45, 2.75) is 38.6 Å². The number of nitrogens with one attached hydrogen (secondary N) is 1. The molecular weight excluding hydrogens is 464 g/mol. The van der Waals surface area contributed by atoms with Crippen LogP contribution < -0.4 is 10.2 Å². The van der Waals surface area contributed by atoms with Gasteiger partial charge in [-0.15, -0.1) is 0 Å². The number of nitrogens with zero attached hydrogens (tertiary/aromatic N) is 3. The summed E-state index contributed by atoms with van der Waals surface area (Å²) in [7, 11) is 1.28. The van der Waals surface area contributed by atoms with Crippen molar-refractivity contribution in [3.63, 3.8) is 0 Å². The first kappa shape index (κ1) is 24.7. The fraction of sp³-hybridized carbons (Fsp3) is 0.333. The minimum absolute atomic E-state index is 0.149.